The fourth-order valence-electron chi connectivity index (χ4n) is 2.79. The highest BCUT2D eigenvalue weighted by Crippen LogP contribution is 2.24. The molecule has 106 valence electrons. The lowest BCUT2D eigenvalue weighted by Gasteiger charge is -2.23. The number of aromatic nitrogens is 3. The van der Waals surface area contributed by atoms with Gasteiger partial charge in [0.25, 0.3) is 0 Å². The van der Waals surface area contributed by atoms with E-state index in [1.807, 2.05) is 18.2 Å². The van der Waals surface area contributed by atoms with Gasteiger partial charge in [0.1, 0.15) is 17.4 Å². The summed E-state index contributed by atoms with van der Waals surface area (Å²) in [6.07, 6.45) is 2.83. The zero-order chi connectivity index (χ0) is 13.9. The van der Waals surface area contributed by atoms with Crippen molar-refractivity contribution in [1.29, 1.82) is 0 Å². The van der Waals surface area contributed by atoms with Crippen molar-refractivity contribution in [3.63, 3.8) is 0 Å². The number of rotatable bonds is 4. The summed E-state index contributed by atoms with van der Waals surface area (Å²) >= 11 is 0. The molecule has 0 radical (unpaired) electrons. The van der Waals surface area contributed by atoms with Gasteiger partial charge in [0, 0.05) is 24.9 Å². The van der Waals surface area contributed by atoms with Crippen LogP contribution in [0, 0.1) is 5.92 Å². The summed E-state index contributed by atoms with van der Waals surface area (Å²) in [5, 5.41) is 8.66. The molecule has 20 heavy (non-hydrogen) atoms. The van der Waals surface area contributed by atoms with Crippen molar-refractivity contribution >= 4 is 0 Å². The minimum atomic E-state index is 0.537. The van der Waals surface area contributed by atoms with Crippen molar-refractivity contribution in [2.24, 2.45) is 11.7 Å². The molecule has 0 saturated heterocycles. The fourth-order valence-corrected chi connectivity index (χ4v) is 2.79. The van der Waals surface area contributed by atoms with E-state index in [0.29, 0.717) is 5.92 Å². The molecule has 1 atom stereocenters. The third-order valence-corrected chi connectivity index (χ3v) is 4.00. The monoisotopic (exact) mass is 272 g/mol. The highest BCUT2D eigenvalue weighted by Gasteiger charge is 2.22. The van der Waals surface area contributed by atoms with Crippen LogP contribution in [0.25, 0.3) is 0 Å². The Hall–Kier alpha value is -1.88. The van der Waals surface area contributed by atoms with Gasteiger partial charge in [-0.05, 0) is 24.9 Å². The summed E-state index contributed by atoms with van der Waals surface area (Å²) < 4.78 is 7.63. The van der Waals surface area contributed by atoms with Crippen LogP contribution < -0.4 is 10.5 Å². The maximum atomic E-state index is 5.80. The topological polar surface area (TPSA) is 66.0 Å². The highest BCUT2D eigenvalue weighted by atomic mass is 16.5. The van der Waals surface area contributed by atoms with Crippen molar-refractivity contribution in [2.75, 3.05) is 13.7 Å². The first-order valence-electron chi connectivity index (χ1n) is 7.04. The molecule has 2 N–H and O–H groups in total. The van der Waals surface area contributed by atoms with Gasteiger partial charge >= 0.3 is 0 Å². The largest absolute Gasteiger partial charge is 0.496 e. The van der Waals surface area contributed by atoms with E-state index < -0.39 is 0 Å². The van der Waals surface area contributed by atoms with Crippen molar-refractivity contribution < 1.29 is 4.74 Å². The zero-order valence-corrected chi connectivity index (χ0v) is 11.7. The summed E-state index contributed by atoms with van der Waals surface area (Å²) in [6.45, 7) is 1.66. The summed E-state index contributed by atoms with van der Waals surface area (Å²) in [6, 6.07) is 8.05. The summed E-state index contributed by atoms with van der Waals surface area (Å²) in [4.78, 5) is 0. The number of benzene rings is 1. The van der Waals surface area contributed by atoms with Crippen LogP contribution in [0.2, 0.25) is 0 Å². The van der Waals surface area contributed by atoms with Gasteiger partial charge in [0.05, 0.1) is 7.11 Å². The Kier molecular flexibility index (Phi) is 3.69. The first-order chi connectivity index (χ1) is 9.81. The minimum absolute atomic E-state index is 0.537. The van der Waals surface area contributed by atoms with Gasteiger partial charge in [0.15, 0.2) is 0 Å². The number of hydrogen-bond donors (Lipinski definition) is 1. The van der Waals surface area contributed by atoms with Crippen molar-refractivity contribution in [3.8, 4) is 5.75 Å². The molecule has 2 heterocycles. The Morgan fingerprint density at radius 2 is 2.20 bits per heavy atom. The second-order valence-electron chi connectivity index (χ2n) is 5.27. The van der Waals surface area contributed by atoms with E-state index in [1.165, 1.54) is 0 Å². The molecule has 1 aromatic heterocycles. The van der Waals surface area contributed by atoms with E-state index >= 15 is 0 Å². The van der Waals surface area contributed by atoms with Gasteiger partial charge in [0.2, 0.25) is 0 Å². The second-order valence-corrected chi connectivity index (χ2v) is 5.27. The number of aryl methyl sites for hydroxylation is 1. The van der Waals surface area contributed by atoms with Gasteiger partial charge < -0.3 is 15.0 Å². The molecule has 0 bridgehead atoms. The Morgan fingerprint density at radius 3 is 3.00 bits per heavy atom. The Balaban J connectivity index is 1.87. The van der Waals surface area contributed by atoms with Crippen LogP contribution in [-0.2, 0) is 19.4 Å². The molecule has 0 spiro atoms. The number of hydrogen-bond acceptors (Lipinski definition) is 4. The molecule has 0 fully saturated rings. The SMILES string of the molecule is COc1ccccc1Cc1nnc2n1CC(CN)CC2. The van der Waals surface area contributed by atoms with Crippen molar-refractivity contribution in [3.05, 3.63) is 41.5 Å². The van der Waals surface area contributed by atoms with Gasteiger partial charge in [-0.2, -0.15) is 0 Å². The highest BCUT2D eigenvalue weighted by molar-refractivity contribution is 5.35. The van der Waals surface area contributed by atoms with Crippen LogP contribution in [0.4, 0.5) is 0 Å². The van der Waals surface area contributed by atoms with E-state index in [-0.39, 0.29) is 0 Å². The lowest BCUT2D eigenvalue weighted by atomic mass is 9.99. The standard InChI is InChI=1S/C15H20N4O/c1-20-13-5-3-2-4-12(13)8-15-18-17-14-7-6-11(9-16)10-19(14)15/h2-5,11H,6-10,16H2,1H3. The van der Waals surface area contributed by atoms with E-state index in [1.54, 1.807) is 7.11 Å². The van der Waals surface area contributed by atoms with Crippen LogP contribution in [0.5, 0.6) is 5.75 Å². The van der Waals surface area contributed by atoms with Gasteiger partial charge in [-0.1, -0.05) is 18.2 Å². The predicted octanol–water partition coefficient (Wildman–Crippen LogP) is 1.40. The lowest BCUT2D eigenvalue weighted by molar-refractivity contribution is 0.367. The van der Waals surface area contributed by atoms with Gasteiger partial charge in [-0.25, -0.2) is 0 Å². The molecular formula is C15H20N4O. The van der Waals surface area contributed by atoms with Gasteiger partial charge in [-0.15, -0.1) is 10.2 Å². The van der Waals surface area contributed by atoms with Crippen LogP contribution in [0.3, 0.4) is 0 Å². The third kappa shape index (κ3) is 2.41. The molecule has 0 amide bonds. The summed E-state index contributed by atoms with van der Waals surface area (Å²) in [7, 11) is 1.70. The van der Waals surface area contributed by atoms with Crippen LogP contribution >= 0.6 is 0 Å². The summed E-state index contributed by atoms with van der Waals surface area (Å²) in [5.74, 6) is 3.52. The Bertz CT molecular complexity index is 593. The number of nitrogens with zero attached hydrogens (tertiary/aromatic N) is 3. The molecule has 1 unspecified atom stereocenters. The van der Waals surface area contributed by atoms with Gasteiger partial charge in [-0.3, -0.25) is 0 Å². The molecular weight excluding hydrogens is 252 g/mol. The van der Waals surface area contributed by atoms with E-state index in [4.69, 9.17) is 10.5 Å². The first kappa shape index (κ1) is 13.1. The first-order valence-corrected chi connectivity index (χ1v) is 7.04. The van der Waals surface area contributed by atoms with E-state index in [2.05, 4.69) is 20.8 Å². The number of nitrogens with two attached hydrogens (primary N) is 1. The molecule has 5 nitrogen and oxygen atoms in total. The number of methoxy groups -OCH3 is 1. The third-order valence-electron chi connectivity index (χ3n) is 4.00. The number of fused-ring (bicyclic) bond motifs is 1. The molecule has 3 rings (SSSR count). The fraction of sp³-hybridized carbons (Fsp3) is 0.467. The maximum absolute atomic E-state index is 5.80. The van der Waals surface area contributed by atoms with Crippen LogP contribution in [0.15, 0.2) is 24.3 Å². The smallest absolute Gasteiger partial charge is 0.137 e. The Labute approximate surface area is 118 Å². The zero-order valence-electron chi connectivity index (χ0n) is 11.7. The Morgan fingerprint density at radius 1 is 1.35 bits per heavy atom. The predicted molar refractivity (Wildman–Crippen MR) is 76.7 cm³/mol. The number of ether oxygens (including phenoxy) is 1. The van der Waals surface area contributed by atoms with Crippen LogP contribution in [-0.4, -0.2) is 28.4 Å². The maximum Gasteiger partial charge on any atom is 0.137 e. The molecule has 1 aliphatic heterocycles. The van der Waals surface area contributed by atoms with E-state index in [0.717, 1.165) is 55.3 Å². The molecule has 1 aliphatic rings. The lowest BCUT2D eigenvalue weighted by Crippen LogP contribution is -2.27. The molecule has 0 aliphatic carbocycles. The van der Waals surface area contributed by atoms with Crippen LogP contribution in [0.1, 0.15) is 23.6 Å². The second kappa shape index (κ2) is 5.63. The molecule has 1 aromatic carbocycles. The molecule has 2 aromatic rings. The minimum Gasteiger partial charge on any atom is -0.496 e. The quantitative estimate of drug-likeness (QED) is 0.913. The summed E-state index contributed by atoms with van der Waals surface area (Å²) in [5.41, 5.74) is 6.94. The van der Waals surface area contributed by atoms with Crippen molar-refractivity contribution in [2.45, 2.75) is 25.8 Å². The average Bonchev–Trinajstić information content (AvgIpc) is 2.90. The molecule has 5 heteroatoms. The van der Waals surface area contributed by atoms with Crippen molar-refractivity contribution in [1.82, 2.24) is 14.8 Å². The average molecular weight is 272 g/mol. The molecule has 0 saturated carbocycles. The van der Waals surface area contributed by atoms with E-state index in [9.17, 15) is 0 Å². The normalized spacial score (nSPS) is 17.8. The number of para-hydroxylation sites is 1.